The van der Waals surface area contributed by atoms with Gasteiger partial charge >= 0.3 is 5.97 Å². The van der Waals surface area contributed by atoms with Crippen molar-refractivity contribution in [3.63, 3.8) is 0 Å². The number of aromatic nitrogens is 1. The number of aromatic carboxylic acids is 1. The number of nitrogens with zero attached hydrogens (tertiary/aromatic N) is 2. The fourth-order valence-corrected chi connectivity index (χ4v) is 1.62. The summed E-state index contributed by atoms with van der Waals surface area (Å²) in [5, 5.41) is 12.1. The van der Waals surface area contributed by atoms with Crippen LogP contribution >= 0.6 is 0 Å². The van der Waals surface area contributed by atoms with E-state index in [0.29, 0.717) is 24.7 Å². The predicted molar refractivity (Wildman–Crippen MR) is 73.8 cm³/mol. The second-order valence-electron chi connectivity index (χ2n) is 4.41. The van der Waals surface area contributed by atoms with Gasteiger partial charge in [0.05, 0.1) is 12.2 Å². The number of pyridine rings is 1. The normalized spacial score (nSPS) is 10.7. The van der Waals surface area contributed by atoms with Crippen LogP contribution < -0.4 is 5.32 Å². The van der Waals surface area contributed by atoms with E-state index in [1.807, 2.05) is 7.05 Å². The summed E-state index contributed by atoms with van der Waals surface area (Å²) < 4.78 is 5.00. The number of carbonyl (C=O) groups is 1. The molecule has 6 nitrogen and oxygen atoms in total. The lowest BCUT2D eigenvalue weighted by Gasteiger charge is -2.16. The van der Waals surface area contributed by atoms with Gasteiger partial charge in [0.25, 0.3) is 0 Å². The van der Waals surface area contributed by atoms with Gasteiger partial charge in [0.1, 0.15) is 5.82 Å². The van der Waals surface area contributed by atoms with E-state index in [9.17, 15) is 4.79 Å². The highest BCUT2D eigenvalue weighted by atomic mass is 16.5. The van der Waals surface area contributed by atoms with Gasteiger partial charge < -0.3 is 20.1 Å². The van der Waals surface area contributed by atoms with Gasteiger partial charge in [-0.15, -0.1) is 0 Å². The maximum Gasteiger partial charge on any atom is 0.335 e. The van der Waals surface area contributed by atoms with Crippen LogP contribution in [0.2, 0.25) is 0 Å². The van der Waals surface area contributed by atoms with Crippen LogP contribution in [0.5, 0.6) is 0 Å². The van der Waals surface area contributed by atoms with Gasteiger partial charge in [0, 0.05) is 32.4 Å². The Balaban J connectivity index is 2.47. The first kappa shape index (κ1) is 15.4. The standard InChI is InChI=1S/C13H21N3O3/c1-10-8-11(13(17)18)9-12(15-10)14-4-5-16(2)6-7-19-3/h8-9H,4-7H2,1-3H3,(H,14,15)(H,17,18). The molecule has 0 aliphatic carbocycles. The molecule has 0 aliphatic rings. The zero-order valence-corrected chi connectivity index (χ0v) is 11.6. The van der Waals surface area contributed by atoms with Gasteiger partial charge in [0.15, 0.2) is 0 Å². The SMILES string of the molecule is COCCN(C)CCNc1cc(C(=O)O)cc(C)n1. The number of aryl methyl sites for hydroxylation is 1. The number of likely N-dealkylation sites (N-methyl/N-ethyl adjacent to an activating group) is 1. The molecular weight excluding hydrogens is 246 g/mol. The molecule has 0 spiro atoms. The number of hydrogen-bond acceptors (Lipinski definition) is 5. The van der Waals surface area contributed by atoms with Crippen molar-refractivity contribution in [2.24, 2.45) is 0 Å². The average Bonchev–Trinajstić information content (AvgIpc) is 2.35. The number of rotatable bonds is 8. The summed E-state index contributed by atoms with van der Waals surface area (Å²) in [6, 6.07) is 3.10. The van der Waals surface area contributed by atoms with Crippen molar-refractivity contribution in [2.45, 2.75) is 6.92 Å². The molecule has 1 aromatic heterocycles. The molecular formula is C13H21N3O3. The highest BCUT2D eigenvalue weighted by Gasteiger charge is 2.06. The Hall–Kier alpha value is -1.66. The number of carboxylic acids is 1. The van der Waals surface area contributed by atoms with Gasteiger partial charge in [-0.1, -0.05) is 0 Å². The Bertz CT molecular complexity index is 424. The highest BCUT2D eigenvalue weighted by Crippen LogP contribution is 2.09. The largest absolute Gasteiger partial charge is 0.478 e. The summed E-state index contributed by atoms with van der Waals surface area (Å²) in [5.41, 5.74) is 0.942. The molecule has 1 heterocycles. The number of anilines is 1. The summed E-state index contributed by atoms with van der Waals surface area (Å²) in [7, 11) is 3.68. The molecule has 0 fully saturated rings. The Morgan fingerprint density at radius 1 is 1.47 bits per heavy atom. The minimum Gasteiger partial charge on any atom is -0.478 e. The topological polar surface area (TPSA) is 74.7 Å². The lowest BCUT2D eigenvalue weighted by atomic mass is 10.2. The fourth-order valence-electron chi connectivity index (χ4n) is 1.62. The van der Waals surface area contributed by atoms with Gasteiger partial charge in [-0.3, -0.25) is 0 Å². The lowest BCUT2D eigenvalue weighted by molar-refractivity contribution is 0.0696. The first-order chi connectivity index (χ1) is 9.02. The van der Waals surface area contributed by atoms with Gasteiger partial charge in [0.2, 0.25) is 0 Å². The molecule has 1 rings (SSSR count). The van der Waals surface area contributed by atoms with Crippen LogP contribution in [0.1, 0.15) is 16.1 Å². The van der Waals surface area contributed by atoms with Gasteiger partial charge in [-0.25, -0.2) is 9.78 Å². The van der Waals surface area contributed by atoms with E-state index in [4.69, 9.17) is 9.84 Å². The van der Waals surface area contributed by atoms with Gasteiger partial charge in [-0.2, -0.15) is 0 Å². The van der Waals surface area contributed by atoms with E-state index in [-0.39, 0.29) is 5.56 Å². The summed E-state index contributed by atoms with van der Waals surface area (Å²) in [6.45, 7) is 4.88. The molecule has 1 aromatic rings. The van der Waals surface area contributed by atoms with E-state index < -0.39 is 5.97 Å². The third kappa shape index (κ3) is 5.67. The van der Waals surface area contributed by atoms with Crippen LogP contribution in [0, 0.1) is 6.92 Å². The second-order valence-corrected chi connectivity index (χ2v) is 4.41. The van der Waals surface area contributed by atoms with Crippen LogP contribution in [0.25, 0.3) is 0 Å². The van der Waals surface area contributed by atoms with E-state index >= 15 is 0 Å². The molecule has 0 atom stereocenters. The summed E-state index contributed by atoms with van der Waals surface area (Å²) >= 11 is 0. The third-order valence-corrected chi connectivity index (χ3v) is 2.68. The quantitative estimate of drug-likeness (QED) is 0.734. The minimum absolute atomic E-state index is 0.253. The number of methoxy groups -OCH3 is 1. The van der Waals surface area contributed by atoms with Crippen molar-refractivity contribution in [3.8, 4) is 0 Å². The van der Waals surface area contributed by atoms with Crippen molar-refractivity contribution >= 4 is 11.8 Å². The molecule has 0 unspecified atom stereocenters. The first-order valence-electron chi connectivity index (χ1n) is 6.16. The Labute approximate surface area is 113 Å². The molecule has 6 heteroatoms. The van der Waals surface area contributed by atoms with Crippen LogP contribution in [-0.2, 0) is 4.74 Å². The van der Waals surface area contributed by atoms with E-state index in [2.05, 4.69) is 15.2 Å². The molecule has 0 aliphatic heterocycles. The van der Waals surface area contributed by atoms with Crippen molar-refractivity contribution in [1.82, 2.24) is 9.88 Å². The number of carboxylic acid groups (broad SMARTS) is 1. The Morgan fingerprint density at radius 3 is 2.84 bits per heavy atom. The molecule has 0 amide bonds. The summed E-state index contributed by atoms with van der Waals surface area (Å²) in [5.74, 6) is -0.344. The van der Waals surface area contributed by atoms with Crippen molar-refractivity contribution in [1.29, 1.82) is 0 Å². The maximum absolute atomic E-state index is 10.9. The zero-order chi connectivity index (χ0) is 14.3. The van der Waals surface area contributed by atoms with Crippen molar-refractivity contribution in [3.05, 3.63) is 23.4 Å². The molecule has 19 heavy (non-hydrogen) atoms. The molecule has 106 valence electrons. The molecule has 2 N–H and O–H groups in total. The fraction of sp³-hybridized carbons (Fsp3) is 0.538. The van der Waals surface area contributed by atoms with E-state index in [0.717, 1.165) is 13.1 Å². The number of hydrogen-bond donors (Lipinski definition) is 2. The van der Waals surface area contributed by atoms with Gasteiger partial charge in [-0.05, 0) is 26.1 Å². The minimum atomic E-state index is -0.939. The van der Waals surface area contributed by atoms with E-state index in [1.54, 1.807) is 26.2 Å². The average molecular weight is 267 g/mol. The zero-order valence-electron chi connectivity index (χ0n) is 11.6. The third-order valence-electron chi connectivity index (χ3n) is 2.68. The first-order valence-corrected chi connectivity index (χ1v) is 6.16. The summed E-state index contributed by atoms with van der Waals surface area (Å²) in [6.07, 6.45) is 0. The number of ether oxygens (including phenoxy) is 1. The Kier molecular flexibility index (Phi) is 6.24. The second kappa shape index (κ2) is 7.70. The van der Waals surface area contributed by atoms with Crippen LogP contribution in [0.3, 0.4) is 0 Å². The highest BCUT2D eigenvalue weighted by molar-refractivity contribution is 5.88. The molecule has 0 saturated heterocycles. The Morgan fingerprint density at radius 2 is 2.21 bits per heavy atom. The maximum atomic E-state index is 10.9. The molecule has 0 aromatic carbocycles. The van der Waals surface area contributed by atoms with E-state index in [1.165, 1.54) is 0 Å². The van der Waals surface area contributed by atoms with Crippen molar-refractivity contribution < 1.29 is 14.6 Å². The van der Waals surface area contributed by atoms with Crippen LogP contribution in [0.15, 0.2) is 12.1 Å². The van der Waals surface area contributed by atoms with Crippen molar-refractivity contribution in [2.75, 3.05) is 45.7 Å². The molecule has 0 saturated carbocycles. The predicted octanol–water partition coefficient (Wildman–Crippen LogP) is 1.08. The monoisotopic (exact) mass is 267 g/mol. The smallest absolute Gasteiger partial charge is 0.335 e. The number of nitrogens with one attached hydrogen (secondary N) is 1. The molecule has 0 radical (unpaired) electrons. The molecule has 0 bridgehead atoms. The van der Waals surface area contributed by atoms with Crippen LogP contribution in [-0.4, -0.2) is 61.4 Å². The summed E-state index contributed by atoms with van der Waals surface area (Å²) in [4.78, 5) is 17.3. The lowest BCUT2D eigenvalue weighted by Crippen LogP contribution is -2.28. The van der Waals surface area contributed by atoms with Crippen LogP contribution in [0.4, 0.5) is 5.82 Å².